The molecule has 1 fully saturated rings. The second-order valence-electron chi connectivity index (χ2n) is 6.45. The van der Waals surface area contributed by atoms with Crippen LogP contribution < -0.4 is 9.47 Å². The normalized spacial score (nSPS) is 22.0. The monoisotopic (exact) mass is 323 g/mol. The van der Waals surface area contributed by atoms with Gasteiger partial charge < -0.3 is 9.47 Å². The molecule has 0 atom stereocenters. The molecule has 3 aliphatic rings. The number of ether oxygens (including phenoxy) is 2. The summed E-state index contributed by atoms with van der Waals surface area (Å²) in [5.74, 6) is 1.90. The number of hydrogen-bond donors (Lipinski definition) is 0. The number of piperidine rings is 1. The van der Waals surface area contributed by atoms with E-state index in [1.165, 1.54) is 0 Å². The van der Waals surface area contributed by atoms with E-state index in [0.29, 0.717) is 49.3 Å². The highest BCUT2D eigenvalue weighted by Gasteiger charge is 2.37. The topological polar surface area (TPSA) is 55.8 Å². The number of fused-ring (bicyclic) bond motifs is 2. The van der Waals surface area contributed by atoms with Gasteiger partial charge in [-0.3, -0.25) is 0 Å². The van der Waals surface area contributed by atoms with E-state index in [0.717, 1.165) is 36.1 Å². The van der Waals surface area contributed by atoms with E-state index in [1.807, 2.05) is 6.07 Å². The summed E-state index contributed by atoms with van der Waals surface area (Å²) >= 11 is 0. The van der Waals surface area contributed by atoms with Crippen molar-refractivity contribution in [1.29, 1.82) is 0 Å². The minimum absolute atomic E-state index is 0.379. The number of hydrogen-bond acceptors (Lipinski definition) is 4. The van der Waals surface area contributed by atoms with Crippen molar-refractivity contribution in [3.8, 4) is 11.5 Å². The molecule has 3 aliphatic heterocycles. The fourth-order valence-corrected chi connectivity index (χ4v) is 5.46. The Kier molecular flexibility index (Phi) is 3.34. The molecule has 0 saturated carbocycles. The second kappa shape index (κ2) is 5.13. The predicted octanol–water partition coefficient (Wildman–Crippen LogP) is 1.98. The highest BCUT2D eigenvalue weighted by Crippen LogP contribution is 2.44. The predicted molar refractivity (Wildman–Crippen MR) is 82.0 cm³/mol. The Labute approximate surface area is 131 Å². The lowest BCUT2D eigenvalue weighted by Crippen LogP contribution is -2.38. The van der Waals surface area contributed by atoms with Crippen LogP contribution in [0.1, 0.15) is 30.9 Å². The smallest absolute Gasteiger partial charge is 0.247 e. The molecule has 6 heteroatoms. The fraction of sp³-hybridized carbons (Fsp3) is 0.625. The molecule has 0 unspecified atom stereocenters. The first kappa shape index (κ1) is 14.3. The van der Waals surface area contributed by atoms with Gasteiger partial charge in [0.25, 0.3) is 0 Å². The van der Waals surface area contributed by atoms with Gasteiger partial charge in [0, 0.05) is 37.1 Å². The Balaban J connectivity index is 1.82. The summed E-state index contributed by atoms with van der Waals surface area (Å²) in [6.07, 6.45) is 3.25. The first-order valence-electron chi connectivity index (χ1n) is 8.02. The van der Waals surface area contributed by atoms with Crippen molar-refractivity contribution in [3.63, 3.8) is 0 Å². The SMILES string of the molecule is CC1CCN(S(=O)(=O)c2c3c(cc4c2OCC4)OCC3)CC1. The molecule has 1 saturated heterocycles. The molecule has 4 rings (SSSR count). The van der Waals surface area contributed by atoms with Crippen molar-refractivity contribution in [2.24, 2.45) is 5.92 Å². The molecule has 0 aromatic heterocycles. The van der Waals surface area contributed by atoms with Gasteiger partial charge in [-0.05, 0) is 24.8 Å². The number of nitrogens with zero attached hydrogens (tertiary/aromatic N) is 1. The molecule has 0 bridgehead atoms. The summed E-state index contributed by atoms with van der Waals surface area (Å²) in [6, 6.07) is 1.96. The van der Waals surface area contributed by atoms with Crippen LogP contribution in [0.3, 0.4) is 0 Å². The average Bonchev–Trinajstić information content (AvgIpc) is 3.12. The lowest BCUT2D eigenvalue weighted by molar-refractivity contribution is 0.286. The van der Waals surface area contributed by atoms with Gasteiger partial charge in [-0.15, -0.1) is 0 Å². The Hall–Kier alpha value is -1.27. The van der Waals surface area contributed by atoms with Gasteiger partial charge in [0.15, 0.2) is 0 Å². The van der Waals surface area contributed by atoms with E-state index in [2.05, 4.69) is 6.92 Å². The summed E-state index contributed by atoms with van der Waals surface area (Å²) in [4.78, 5) is 0.379. The third-order valence-electron chi connectivity index (χ3n) is 4.94. The van der Waals surface area contributed by atoms with Gasteiger partial charge in [0.05, 0.1) is 13.2 Å². The zero-order chi connectivity index (χ0) is 15.3. The Morgan fingerprint density at radius 2 is 1.86 bits per heavy atom. The van der Waals surface area contributed by atoms with Gasteiger partial charge in [-0.1, -0.05) is 6.92 Å². The maximum absolute atomic E-state index is 13.2. The molecule has 0 amide bonds. The summed E-state index contributed by atoms with van der Waals surface area (Å²) in [5.41, 5.74) is 1.77. The Morgan fingerprint density at radius 1 is 1.14 bits per heavy atom. The van der Waals surface area contributed by atoms with Crippen molar-refractivity contribution in [3.05, 3.63) is 17.2 Å². The van der Waals surface area contributed by atoms with Crippen molar-refractivity contribution >= 4 is 10.0 Å². The lowest BCUT2D eigenvalue weighted by Gasteiger charge is -2.30. The minimum Gasteiger partial charge on any atom is -0.493 e. The first-order chi connectivity index (χ1) is 10.6. The summed E-state index contributed by atoms with van der Waals surface area (Å²) in [6.45, 7) is 4.49. The van der Waals surface area contributed by atoms with Gasteiger partial charge in [0.1, 0.15) is 16.4 Å². The van der Waals surface area contributed by atoms with Crippen LogP contribution in [-0.4, -0.2) is 39.0 Å². The summed E-state index contributed by atoms with van der Waals surface area (Å²) < 4.78 is 39.4. The standard InChI is InChI=1S/C16H21NO4S/c1-11-2-6-17(7-3-11)22(18,19)16-13-5-9-20-14(13)10-12-4-8-21-15(12)16/h10-11H,2-9H2,1H3. The largest absolute Gasteiger partial charge is 0.493 e. The lowest BCUT2D eigenvalue weighted by atomic mass is 10.0. The first-order valence-corrected chi connectivity index (χ1v) is 9.46. The van der Waals surface area contributed by atoms with Crippen molar-refractivity contribution in [2.45, 2.75) is 37.5 Å². The molecule has 0 N–H and O–H groups in total. The Bertz CT molecular complexity index is 673. The van der Waals surface area contributed by atoms with Crippen LogP contribution >= 0.6 is 0 Å². The van der Waals surface area contributed by atoms with E-state index >= 15 is 0 Å². The van der Waals surface area contributed by atoms with Gasteiger partial charge in [-0.25, -0.2) is 8.42 Å². The van der Waals surface area contributed by atoms with Gasteiger partial charge in [0.2, 0.25) is 10.0 Å². The van der Waals surface area contributed by atoms with Gasteiger partial charge >= 0.3 is 0 Å². The third kappa shape index (κ3) is 2.12. The quantitative estimate of drug-likeness (QED) is 0.835. The summed E-state index contributed by atoms with van der Waals surface area (Å²) in [7, 11) is -3.51. The van der Waals surface area contributed by atoms with Crippen molar-refractivity contribution in [2.75, 3.05) is 26.3 Å². The van der Waals surface area contributed by atoms with E-state index in [9.17, 15) is 8.42 Å². The van der Waals surface area contributed by atoms with E-state index < -0.39 is 10.0 Å². The maximum atomic E-state index is 13.2. The molecule has 3 heterocycles. The summed E-state index contributed by atoms with van der Waals surface area (Å²) in [5, 5.41) is 0. The van der Waals surface area contributed by atoms with Crippen molar-refractivity contribution < 1.29 is 17.9 Å². The average molecular weight is 323 g/mol. The maximum Gasteiger partial charge on any atom is 0.247 e. The number of benzene rings is 1. The number of rotatable bonds is 2. The van der Waals surface area contributed by atoms with Crippen molar-refractivity contribution in [1.82, 2.24) is 4.31 Å². The zero-order valence-electron chi connectivity index (χ0n) is 12.8. The molecule has 5 nitrogen and oxygen atoms in total. The van der Waals surface area contributed by atoms with Crippen LogP contribution in [0.2, 0.25) is 0 Å². The molecule has 1 aromatic carbocycles. The number of sulfonamides is 1. The second-order valence-corrected chi connectivity index (χ2v) is 8.33. The van der Waals surface area contributed by atoms with Crippen LogP contribution in [0, 0.1) is 5.92 Å². The van der Waals surface area contributed by atoms with E-state index in [1.54, 1.807) is 4.31 Å². The molecule has 1 aromatic rings. The van der Waals surface area contributed by atoms with Crippen LogP contribution in [0.15, 0.2) is 11.0 Å². The van der Waals surface area contributed by atoms with E-state index in [-0.39, 0.29) is 0 Å². The molecule has 0 aliphatic carbocycles. The zero-order valence-corrected chi connectivity index (χ0v) is 13.6. The fourth-order valence-electron chi connectivity index (χ4n) is 3.57. The van der Waals surface area contributed by atoms with Crippen LogP contribution in [0.5, 0.6) is 11.5 Å². The third-order valence-corrected chi connectivity index (χ3v) is 6.94. The highest BCUT2D eigenvalue weighted by atomic mass is 32.2. The van der Waals surface area contributed by atoms with Crippen LogP contribution in [-0.2, 0) is 22.9 Å². The molecular weight excluding hydrogens is 302 g/mol. The highest BCUT2D eigenvalue weighted by molar-refractivity contribution is 7.89. The minimum atomic E-state index is -3.51. The van der Waals surface area contributed by atoms with Crippen LogP contribution in [0.25, 0.3) is 0 Å². The Morgan fingerprint density at radius 3 is 2.64 bits per heavy atom. The molecule has 120 valence electrons. The molecular formula is C16H21NO4S. The molecule has 0 spiro atoms. The van der Waals surface area contributed by atoms with Gasteiger partial charge in [-0.2, -0.15) is 4.31 Å². The molecule has 0 radical (unpaired) electrons. The molecule has 22 heavy (non-hydrogen) atoms. The van der Waals surface area contributed by atoms with E-state index in [4.69, 9.17) is 9.47 Å². The van der Waals surface area contributed by atoms with Crippen LogP contribution in [0.4, 0.5) is 0 Å².